The highest BCUT2D eigenvalue weighted by atomic mass is 19.4. The number of halogens is 3. The number of nitrogens with zero attached hydrogens (tertiary/aromatic N) is 2. The number of alkyl halides is 3. The first-order valence-electron chi connectivity index (χ1n) is 8.91. The van der Waals surface area contributed by atoms with Crippen LogP contribution in [0.15, 0.2) is 45.8 Å². The molecule has 0 radical (unpaired) electrons. The van der Waals surface area contributed by atoms with Gasteiger partial charge in [-0.05, 0) is 29.8 Å². The number of nitrogens with two attached hydrogens (primary N) is 1. The molecular weight excluding hydrogens is 389 g/mol. The van der Waals surface area contributed by atoms with Gasteiger partial charge in [-0.25, -0.2) is 0 Å². The number of nitrogens with one attached hydrogen (secondary N) is 1. The largest absolute Gasteiger partial charge is 0.454 e. The second-order valence-electron chi connectivity index (χ2n) is 6.46. The summed E-state index contributed by atoms with van der Waals surface area (Å²) in [5.74, 6) is 0.454. The number of hydrogen-bond donors (Lipinski definition) is 2. The molecule has 0 aliphatic carbocycles. The maximum Gasteiger partial charge on any atom is 0.416 e. The SMILES string of the molecule is CN=C(NCc1ccc(C(N)=O)o1)N1CCOC(c2cccc(C(F)(F)F)c2)C1. The lowest BCUT2D eigenvalue weighted by molar-refractivity contribution is -0.137. The van der Waals surface area contributed by atoms with Crippen molar-refractivity contribution in [3.05, 3.63) is 59.0 Å². The summed E-state index contributed by atoms with van der Waals surface area (Å²) < 4.78 is 50.0. The Balaban J connectivity index is 1.66. The highest BCUT2D eigenvalue weighted by Crippen LogP contribution is 2.32. The molecule has 0 saturated carbocycles. The maximum atomic E-state index is 13.0. The summed E-state index contributed by atoms with van der Waals surface area (Å²) in [6, 6.07) is 8.26. The number of rotatable bonds is 4. The van der Waals surface area contributed by atoms with Crippen molar-refractivity contribution >= 4 is 11.9 Å². The fourth-order valence-electron chi connectivity index (χ4n) is 3.06. The fourth-order valence-corrected chi connectivity index (χ4v) is 3.06. The summed E-state index contributed by atoms with van der Waals surface area (Å²) in [5.41, 5.74) is 4.91. The third-order valence-electron chi connectivity index (χ3n) is 4.49. The Kier molecular flexibility index (Phi) is 6.12. The van der Waals surface area contributed by atoms with Crippen LogP contribution in [0.3, 0.4) is 0 Å². The smallest absolute Gasteiger partial charge is 0.416 e. The molecule has 1 fully saturated rings. The lowest BCUT2D eigenvalue weighted by Gasteiger charge is -2.35. The van der Waals surface area contributed by atoms with Gasteiger partial charge in [0, 0.05) is 13.6 Å². The molecule has 1 aromatic carbocycles. The van der Waals surface area contributed by atoms with E-state index >= 15 is 0 Å². The second kappa shape index (κ2) is 8.56. The van der Waals surface area contributed by atoms with Crippen LogP contribution in [-0.2, 0) is 17.5 Å². The van der Waals surface area contributed by atoms with Crippen LogP contribution in [0.5, 0.6) is 0 Å². The number of ether oxygens (including phenoxy) is 1. The van der Waals surface area contributed by atoms with Gasteiger partial charge < -0.3 is 25.1 Å². The molecule has 1 unspecified atom stereocenters. The molecule has 7 nitrogen and oxygen atoms in total. The molecule has 1 atom stereocenters. The molecule has 0 spiro atoms. The topological polar surface area (TPSA) is 93.1 Å². The molecule has 2 heterocycles. The number of morpholine rings is 1. The Bertz CT molecular complexity index is 895. The first-order valence-corrected chi connectivity index (χ1v) is 8.91. The number of guanidine groups is 1. The van der Waals surface area contributed by atoms with Crippen molar-refractivity contribution in [3.8, 4) is 0 Å². The van der Waals surface area contributed by atoms with Crippen LogP contribution in [0, 0.1) is 0 Å². The van der Waals surface area contributed by atoms with Crippen LogP contribution < -0.4 is 11.1 Å². The van der Waals surface area contributed by atoms with Gasteiger partial charge >= 0.3 is 6.18 Å². The summed E-state index contributed by atoms with van der Waals surface area (Å²) >= 11 is 0. The summed E-state index contributed by atoms with van der Waals surface area (Å²) in [4.78, 5) is 17.2. The highest BCUT2D eigenvalue weighted by molar-refractivity contribution is 5.89. The number of aliphatic imine (C=N–C) groups is 1. The van der Waals surface area contributed by atoms with Gasteiger partial charge in [0.15, 0.2) is 11.7 Å². The van der Waals surface area contributed by atoms with Crippen LogP contribution in [0.4, 0.5) is 13.2 Å². The van der Waals surface area contributed by atoms with Gasteiger partial charge in [-0.3, -0.25) is 9.79 Å². The van der Waals surface area contributed by atoms with Crippen molar-refractivity contribution in [2.24, 2.45) is 10.7 Å². The summed E-state index contributed by atoms with van der Waals surface area (Å²) in [5, 5.41) is 3.11. The van der Waals surface area contributed by atoms with E-state index in [1.807, 2.05) is 4.90 Å². The predicted octanol–water partition coefficient (Wildman–Crippen LogP) is 2.55. The molecule has 29 heavy (non-hydrogen) atoms. The Morgan fingerprint density at radius 2 is 2.14 bits per heavy atom. The van der Waals surface area contributed by atoms with Crippen molar-refractivity contribution in [2.75, 3.05) is 26.7 Å². The third-order valence-corrected chi connectivity index (χ3v) is 4.49. The molecule has 3 N–H and O–H groups in total. The molecule has 0 bridgehead atoms. The highest BCUT2D eigenvalue weighted by Gasteiger charge is 2.32. The van der Waals surface area contributed by atoms with Gasteiger partial charge in [0.1, 0.15) is 11.9 Å². The molecule has 3 rings (SSSR count). The van der Waals surface area contributed by atoms with E-state index in [4.69, 9.17) is 14.9 Å². The summed E-state index contributed by atoms with van der Waals surface area (Å²) in [7, 11) is 1.61. The first-order chi connectivity index (χ1) is 13.8. The average molecular weight is 410 g/mol. The molecule has 1 saturated heterocycles. The van der Waals surface area contributed by atoms with E-state index < -0.39 is 23.8 Å². The monoisotopic (exact) mass is 410 g/mol. The van der Waals surface area contributed by atoms with E-state index in [1.165, 1.54) is 12.1 Å². The Labute approximate surface area is 165 Å². The second-order valence-corrected chi connectivity index (χ2v) is 6.46. The van der Waals surface area contributed by atoms with Crippen molar-refractivity contribution in [2.45, 2.75) is 18.8 Å². The van der Waals surface area contributed by atoms with Crippen molar-refractivity contribution < 1.29 is 27.1 Å². The van der Waals surface area contributed by atoms with E-state index in [1.54, 1.807) is 19.2 Å². The van der Waals surface area contributed by atoms with Crippen LogP contribution in [0.1, 0.15) is 33.5 Å². The molecule has 1 aliphatic rings. The molecular formula is C19H21F3N4O3. The summed E-state index contributed by atoms with van der Waals surface area (Å²) in [6.45, 7) is 1.48. The fraction of sp³-hybridized carbons (Fsp3) is 0.368. The minimum Gasteiger partial charge on any atom is -0.454 e. The van der Waals surface area contributed by atoms with Gasteiger partial charge in [0.05, 0.1) is 25.3 Å². The van der Waals surface area contributed by atoms with E-state index in [-0.39, 0.29) is 12.3 Å². The van der Waals surface area contributed by atoms with Gasteiger partial charge in [0.25, 0.3) is 5.91 Å². The standard InChI is InChI=1S/C19H21F3N4O3/c1-24-18(25-10-14-5-6-15(29-14)17(23)27)26-7-8-28-16(11-26)12-3-2-4-13(9-12)19(20,21)22/h2-6,9,16H,7-8,10-11H2,1H3,(H2,23,27)(H,24,25). The molecule has 156 valence electrons. The minimum atomic E-state index is -4.41. The van der Waals surface area contributed by atoms with Crippen molar-refractivity contribution in [1.82, 2.24) is 10.2 Å². The maximum absolute atomic E-state index is 13.0. The van der Waals surface area contributed by atoms with Crippen LogP contribution in [0.25, 0.3) is 0 Å². The van der Waals surface area contributed by atoms with Gasteiger partial charge in [-0.15, -0.1) is 0 Å². The molecule has 1 aliphatic heterocycles. The molecule has 10 heteroatoms. The lowest BCUT2D eigenvalue weighted by Crippen LogP contribution is -2.47. The number of carbonyl (C=O) groups excluding carboxylic acids is 1. The minimum absolute atomic E-state index is 0.0628. The Morgan fingerprint density at radius 3 is 2.79 bits per heavy atom. The molecule has 2 aromatic rings. The normalized spacial score (nSPS) is 18.0. The predicted molar refractivity (Wildman–Crippen MR) is 99.1 cm³/mol. The zero-order valence-electron chi connectivity index (χ0n) is 15.7. The average Bonchev–Trinajstić information content (AvgIpc) is 3.18. The van der Waals surface area contributed by atoms with Crippen molar-refractivity contribution in [1.29, 1.82) is 0 Å². The molecule has 1 amide bonds. The van der Waals surface area contributed by atoms with Gasteiger partial charge in [-0.2, -0.15) is 13.2 Å². The van der Waals surface area contributed by atoms with E-state index in [0.29, 0.717) is 37.0 Å². The zero-order chi connectivity index (χ0) is 21.0. The van der Waals surface area contributed by atoms with Gasteiger partial charge in [0.2, 0.25) is 0 Å². The number of furan rings is 1. The van der Waals surface area contributed by atoms with Gasteiger partial charge in [-0.1, -0.05) is 12.1 Å². The van der Waals surface area contributed by atoms with Crippen molar-refractivity contribution in [3.63, 3.8) is 0 Å². The number of hydrogen-bond acceptors (Lipinski definition) is 4. The quantitative estimate of drug-likeness (QED) is 0.597. The van der Waals surface area contributed by atoms with Crippen LogP contribution >= 0.6 is 0 Å². The Morgan fingerprint density at radius 1 is 1.34 bits per heavy atom. The first kappa shape index (κ1) is 20.7. The number of benzene rings is 1. The zero-order valence-corrected chi connectivity index (χ0v) is 15.7. The lowest BCUT2D eigenvalue weighted by atomic mass is 10.0. The molecule has 1 aromatic heterocycles. The van der Waals surface area contributed by atoms with Crippen LogP contribution in [0.2, 0.25) is 0 Å². The number of primary amides is 1. The Hall–Kier alpha value is -3.01. The van der Waals surface area contributed by atoms with E-state index in [2.05, 4.69) is 10.3 Å². The number of carbonyl (C=O) groups is 1. The van der Waals surface area contributed by atoms with E-state index in [9.17, 15) is 18.0 Å². The summed E-state index contributed by atoms with van der Waals surface area (Å²) in [6.07, 6.45) is -4.93. The van der Waals surface area contributed by atoms with E-state index in [0.717, 1.165) is 12.1 Å². The van der Waals surface area contributed by atoms with Crippen LogP contribution in [-0.4, -0.2) is 43.5 Å². The third kappa shape index (κ3) is 5.08. The number of amides is 1.